The molecule has 0 saturated carbocycles. The van der Waals surface area contributed by atoms with Gasteiger partial charge in [-0.15, -0.1) is 11.3 Å². The van der Waals surface area contributed by atoms with Gasteiger partial charge in [-0.05, 0) is 34.4 Å². The van der Waals surface area contributed by atoms with Gasteiger partial charge in [-0.3, -0.25) is 0 Å². The zero-order valence-electron chi connectivity index (χ0n) is 10.7. The number of benzene rings is 3. The van der Waals surface area contributed by atoms with Crippen molar-refractivity contribution >= 4 is 32.2 Å². The molecule has 0 aliphatic rings. The lowest BCUT2D eigenvalue weighted by Gasteiger charge is -2.07. The molecule has 0 fully saturated rings. The maximum atomic E-state index is 10.3. The van der Waals surface area contributed by atoms with Crippen LogP contribution in [0, 0.1) is 0 Å². The van der Waals surface area contributed by atoms with Crippen molar-refractivity contribution in [1.29, 1.82) is 0 Å². The van der Waals surface area contributed by atoms with Gasteiger partial charge >= 0.3 is 0 Å². The number of phenols is 1. The van der Waals surface area contributed by atoms with Gasteiger partial charge in [-0.1, -0.05) is 48.5 Å². The second-order valence-corrected chi connectivity index (χ2v) is 5.91. The van der Waals surface area contributed by atoms with Crippen LogP contribution in [0.2, 0.25) is 0 Å². The van der Waals surface area contributed by atoms with Gasteiger partial charge in [0.25, 0.3) is 0 Å². The van der Waals surface area contributed by atoms with E-state index in [4.69, 9.17) is 0 Å². The molecule has 96 valence electrons. The summed E-state index contributed by atoms with van der Waals surface area (Å²) in [6.45, 7) is 0. The Morgan fingerprint density at radius 1 is 0.750 bits per heavy atom. The number of hydrogen-bond donors (Lipinski definition) is 1. The first kappa shape index (κ1) is 11.5. The Morgan fingerprint density at radius 3 is 2.35 bits per heavy atom. The molecule has 4 aromatic rings. The van der Waals surface area contributed by atoms with E-state index in [1.165, 1.54) is 10.1 Å². The first-order chi connectivity index (χ1) is 9.83. The van der Waals surface area contributed by atoms with Crippen LogP contribution >= 0.6 is 11.3 Å². The maximum Gasteiger partial charge on any atom is 0.124 e. The second-order valence-electron chi connectivity index (χ2n) is 4.83. The largest absolute Gasteiger partial charge is 0.507 e. The summed E-state index contributed by atoms with van der Waals surface area (Å²) in [6, 6.07) is 22.4. The van der Waals surface area contributed by atoms with Crippen molar-refractivity contribution in [2.75, 3.05) is 0 Å². The number of phenolic OH excluding ortho intramolecular Hbond substituents is 1. The van der Waals surface area contributed by atoms with Crippen molar-refractivity contribution in [2.24, 2.45) is 0 Å². The third-order valence-electron chi connectivity index (χ3n) is 3.58. The van der Waals surface area contributed by atoms with Crippen molar-refractivity contribution in [3.8, 4) is 16.2 Å². The second kappa shape index (κ2) is 4.36. The van der Waals surface area contributed by atoms with Crippen molar-refractivity contribution < 1.29 is 5.11 Å². The summed E-state index contributed by atoms with van der Waals surface area (Å²) in [5.74, 6) is 0.343. The van der Waals surface area contributed by atoms with Crippen LogP contribution in [0.15, 0.2) is 66.7 Å². The third-order valence-corrected chi connectivity index (χ3v) is 4.71. The summed E-state index contributed by atoms with van der Waals surface area (Å²) in [6.07, 6.45) is 0. The van der Waals surface area contributed by atoms with E-state index >= 15 is 0 Å². The smallest absolute Gasteiger partial charge is 0.124 e. The Labute approximate surface area is 120 Å². The SMILES string of the molecule is Oc1ccc2ccccc2c1-c1cc2ccccc2s1. The molecular weight excluding hydrogens is 264 g/mol. The highest BCUT2D eigenvalue weighted by Gasteiger charge is 2.12. The van der Waals surface area contributed by atoms with E-state index < -0.39 is 0 Å². The van der Waals surface area contributed by atoms with Gasteiger partial charge in [0.1, 0.15) is 5.75 Å². The van der Waals surface area contributed by atoms with Crippen LogP contribution in [0.4, 0.5) is 0 Å². The van der Waals surface area contributed by atoms with Crippen LogP contribution < -0.4 is 0 Å². The fourth-order valence-electron chi connectivity index (χ4n) is 2.62. The minimum Gasteiger partial charge on any atom is -0.507 e. The van der Waals surface area contributed by atoms with E-state index in [-0.39, 0.29) is 0 Å². The van der Waals surface area contributed by atoms with Gasteiger partial charge in [0.05, 0.1) is 0 Å². The van der Waals surface area contributed by atoms with E-state index in [2.05, 4.69) is 30.3 Å². The quantitative estimate of drug-likeness (QED) is 0.491. The lowest BCUT2D eigenvalue weighted by Crippen LogP contribution is -1.79. The highest BCUT2D eigenvalue weighted by Crippen LogP contribution is 2.41. The summed E-state index contributed by atoms with van der Waals surface area (Å²) in [5.41, 5.74) is 0.935. The highest BCUT2D eigenvalue weighted by molar-refractivity contribution is 7.22. The Hall–Kier alpha value is -2.32. The maximum absolute atomic E-state index is 10.3. The van der Waals surface area contributed by atoms with Gasteiger partial charge < -0.3 is 5.11 Å². The minimum atomic E-state index is 0.343. The molecule has 0 amide bonds. The highest BCUT2D eigenvalue weighted by atomic mass is 32.1. The number of rotatable bonds is 1. The van der Waals surface area contributed by atoms with E-state index in [1.807, 2.05) is 30.3 Å². The predicted octanol–water partition coefficient (Wildman–Crippen LogP) is 5.43. The fourth-order valence-corrected chi connectivity index (χ4v) is 3.75. The van der Waals surface area contributed by atoms with Gasteiger partial charge in [0, 0.05) is 15.1 Å². The average Bonchev–Trinajstić information content (AvgIpc) is 2.90. The molecule has 0 spiro atoms. The number of hydrogen-bond acceptors (Lipinski definition) is 2. The van der Waals surface area contributed by atoms with E-state index in [9.17, 15) is 5.11 Å². The van der Waals surface area contributed by atoms with Crippen molar-refractivity contribution in [3.63, 3.8) is 0 Å². The fraction of sp³-hybridized carbons (Fsp3) is 0. The molecule has 0 aliphatic heterocycles. The number of fused-ring (bicyclic) bond motifs is 2. The van der Waals surface area contributed by atoms with Crippen LogP contribution in [0.3, 0.4) is 0 Å². The third kappa shape index (κ3) is 1.69. The zero-order valence-corrected chi connectivity index (χ0v) is 11.5. The van der Waals surface area contributed by atoms with Crippen LogP contribution in [0.1, 0.15) is 0 Å². The van der Waals surface area contributed by atoms with E-state index in [0.717, 1.165) is 21.2 Å². The van der Waals surface area contributed by atoms with E-state index in [0.29, 0.717) is 5.75 Å². The minimum absolute atomic E-state index is 0.343. The monoisotopic (exact) mass is 276 g/mol. The first-order valence-electron chi connectivity index (χ1n) is 6.52. The molecule has 0 radical (unpaired) electrons. The average molecular weight is 276 g/mol. The first-order valence-corrected chi connectivity index (χ1v) is 7.34. The van der Waals surface area contributed by atoms with Gasteiger partial charge in [-0.2, -0.15) is 0 Å². The summed E-state index contributed by atoms with van der Waals surface area (Å²) >= 11 is 1.72. The molecule has 0 atom stereocenters. The number of aromatic hydroxyl groups is 1. The molecule has 0 unspecified atom stereocenters. The molecule has 0 saturated heterocycles. The van der Waals surface area contributed by atoms with Crippen molar-refractivity contribution in [2.45, 2.75) is 0 Å². The molecule has 1 heterocycles. The molecule has 4 rings (SSSR count). The predicted molar refractivity (Wildman–Crippen MR) is 86.4 cm³/mol. The topological polar surface area (TPSA) is 20.2 Å². The Morgan fingerprint density at radius 2 is 1.50 bits per heavy atom. The lowest BCUT2D eigenvalue weighted by atomic mass is 10.0. The van der Waals surface area contributed by atoms with Gasteiger partial charge in [-0.25, -0.2) is 0 Å². The van der Waals surface area contributed by atoms with Crippen LogP contribution in [0.25, 0.3) is 31.3 Å². The van der Waals surface area contributed by atoms with Crippen LogP contribution in [0.5, 0.6) is 5.75 Å². The van der Waals surface area contributed by atoms with Crippen LogP contribution in [-0.2, 0) is 0 Å². The molecular formula is C18H12OS. The standard InChI is InChI=1S/C18H12OS/c19-15-10-9-12-5-1-3-7-14(12)18(15)17-11-13-6-2-4-8-16(13)20-17/h1-11,19H. The van der Waals surface area contributed by atoms with E-state index in [1.54, 1.807) is 17.4 Å². The molecule has 3 aromatic carbocycles. The summed E-state index contributed by atoms with van der Waals surface area (Å²) < 4.78 is 1.25. The van der Waals surface area contributed by atoms with Crippen molar-refractivity contribution in [3.05, 3.63) is 66.7 Å². The lowest BCUT2D eigenvalue weighted by molar-refractivity contribution is 0.478. The molecule has 0 aliphatic carbocycles. The normalized spacial score (nSPS) is 11.2. The molecule has 1 nitrogen and oxygen atoms in total. The van der Waals surface area contributed by atoms with Crippen molar-refractivity contribution in [1.82, 2.24) is 0 Å². The zero-order chi connectivity index (χ0) is 13.5. The molecule has 2 heteroatoms. The Bertz CT molecular complexity index is 888. The summed E-state index contributed by atoms with van der Waals surface area (Å²) in [4.78, 5) is 1.11. The summed E-state index contributed by atoms with van der Waals surface area (Å²) in [5, 5.41) is 13.8. The Balaban J connectivity index is 2.08. The van der Waals surface area contributed by atoms with Crippen LogP contribution in [-0.4, -0.2) is 5.11 Å². The molecule has 20 heavy (non-hydrogen) atoms. The molecule has 1 N–H and O–H groups in total. The molecule has 0 bridgehead atoms. The van der Waals surface area contributed by atoms with Gasteiger partial charge in [0.2, 0.25) is 0 Å². The Kier molecular flexibility index (Phi) is 2.51. The molecule has 1 aromatic heterocycles. The summed E-state index contributed by atoms with van der Waals surface area (Å²) in [7, 11) is 0. The number of thiophene rings is 1. The van der Waals surface area contributed by atoms with Gasteiger partial charge in [0.15, 0.2) is 0 Å².